The smallest absolute Gasteiger partial charge is 0.410 e. The van der Waals surface area contributed by atoms with Crippen LogP contribution in [0.15, 0.2) is 0 Å². The van der Waals surface area contributed by atoms with Crippen molar-refractivity contribution in [3.63, 3.8) is 0 Å². The van der Waals surface area contributed by atoms with Crippen LogP contribution in [0.1, 0.15) is 38.3 Å². The molecule has 0 saturated heterocycles. The lowest BCUT2D eigenvalue weighted by Crippen LogP contribution is -2.39. The van der Waals surface area contributed by atoms with Gasteiger partial charge in [0.25, 0.3) is 0 Å². The molecule has 0 bridgehead atoms. The molecule has 0 saturated carbocycles. The molecule has 0 fully saturated rings. The first kappa shape index (κ1) is 18.9. The topological polar surface area (TPSA) is 88.6 Å². The summed E-state index contributed by atoms with van der Waals surface area (Å²) >= 11 is 1.35. The molecule has 0 aliphatic carbocycles. The predicted octanol–water partition coefficient (Wildman–Crippen LogP) is 2.14. The molecule has 0 aromatic carbocycles. The zero-order valence-corrected chi connectivity index (χ0v) is 16.0. The molecule has 9 heteroatoms. The molecule has 7 nitrogen and oxygen atoms in total. The number of nitrogens with one attached hydrogen (secondary N) is 1. The second kappa shape index (κ2) is 7.60. The van der Waals surface area contributed by atoms with Gasteiger partial charge >= 0.3 is 6.09 Å². The van der Waals surface area contributed by atoms with Crippen LogP contribution in [0, 0.1) is 0 Å². The van der Waals surface area contributed by atoms with Gasteiger partial charge in [0, 0.05) is 34.4 Å². The number of nitrogens with zero attached hydrogens (tertiary/aromatic N) is 2. The van der Waals surface area contributed by atoms with Crippen LogP contribution in [-0.2, 0) is 33.3 Å². The van der Waals surface area contributed by atoms with Crippen LogP contribution in [0.4, 0.5) is 9.93 Å². The Labute approximate surface area is 148 Å². The Morgan fingerprint density at radius 1 is 1.42 bits per heavy atom. The summed E-state index contributed by atoms with van der Waals surface area (Å²) in [5.41, 5.74) is 0.366. The summed E-state index contributed by atoms with van der Waals surface area (Å²) in [7, 11) is -1.15. The highest BCUT2D eigenvalue weighted by molar-refractivity contribution is 7.85. The third-order valence-corrected chi connectivity index (χ3v) is 5.47. The number of rotatable bonds is 4. The van der Waals surface area contributed by atoms with Gasteiger partial charge in [0.05, 0.1) is 12.2 Å². The summed E-state index contributed by atoms with van der Waals surface area (Å²) in [4.78, 5) is 30.9. The van der Waals surface area contributed by atoms with E-state index in [0.717, 1.165) is 10.6 Å². The van der Waals surface area contributed by atoms with E-state index < -0.39 is 16.4 Å². The Balaban J connectivity index is 1.98. The van der Waals surface area contributed by atoms with Crippen LogP contribution in [0.25, 0.3) is 0 Å². The fourth-order valence-electron chi connectivity index (χ4n) is 2.13. The summed E-state index contributed by atoms with van der Waals surface area (Å²) < 4.78 is 16.8. The fourth-order valence-corrected chi connectivity index (χ4v) is 3.74. The number of anilines is 1. The third kappa shape index (κ3) is 5.27. The zero-order valence-electron chi connectivity index (χ0n) is 14.4. The van der Waals surface area contributed by atoms with Gasteiger partial charge in [-0.25, -0.2) is 9.78 Å². The first-order valence-electron chi connectivity index (χ1n) is 7.79. The first-order chi connectivity index (χ1) is 11.2. The van der Waals surface area contributed by atoms with Crippen molar-refractivity contribution in [2.24, 2.45) is 0 Å². The minimum Gasteiger partial charge on any atom is -0.444 e. The molecule has 134 valence electrons. The number of fused-ring (bicyclic) bond motifs is 1. The average molecular weight is 374 g/mol. The molecule has 0 spiro atoms. The second-order valence-electron chi connectivity index (χ2n) is 6.46. The minimum absolute atomic E-state index is 0.0230. The molecular weight excluding hydrogens is 350 g/mol. The lowest BCUT2D eigenvalue weighted by atomic mass is 10.2. The molecule has 1 aromatic rings. The number of thiazole rings is 1. The van der Waals surface area contributed by atoms with Gasteiger partial charge in [-0.1, -0.05) is 18.3 Å². The van der Waals surface area contributed by atoms with Crippen molar-refractivity contribution in [2.75, 3.05) is 23.4 Å². The Morgan fingerprint density at radius 2 is 2.12 bits per heavy atom. The van der Waals surface area contributed by atoms with Crippen LogP contribution in [0.5, 0.6) is 0 Å². The van der Waals surface area contributed by atoms with E-state index >= 15 is 0 Å². The highest BCUT2D eigenvalue weighted by Crippen LogP contribution is 2.29. The highest BCUT2D eigenvalue weighted by Gasteiger charge is 2.28. The summed E-state index contributed by atoms with van der Waals surface area (Å²) in [6.07, 6.45) is 0.285. The van der Waals surface area contributed by atoms with E-state index in [9.17, 15) is 13.8 Å². The summed E-state index contributed by atoms with van der Waals surface area (Å²) in [5, 5.41) is 3.18. The molecule has 1 aliphatic heterocycles. The molecule has 0 radical (unpaired) electrons. The number of amides is 2. The highest BCUT2D eigenvalue weighted by atomic mass is 32.2. The molecule has 0 unspecified atom stereocenters. The summed E-state index contributed by atoms with van der Waals surface area (Å²) in [6.45, 7) is 8.25. The Bertz CT molecular complexity index is 652. The van der Waals surface area contributed by atoms with Crippen molar-refractivity contribution >= 4 is 39.3 Å². The van der Waals surface area contributed by atoms with Crippen LogP contribution in [0.2, 0.25) is 0 Å². The fraction of sp³-hybridized carbons (Fsp3) is 0.667. The number of carbonyl (C=O) groups excluding carboxylic acids is 2. The number of aromatic nitrogens is 1. The second-order valence-corrected chi connectivity index (χ2v) is 9.29. The maximum absolute atomic E-state index is 12.1. The van der Waals surface area contributed by atoms with Gasteiger partial charge < -0.3 is 15.0 Å². The standard InChI is InChI=1S/C15H23N3O4S2/c1-5-24(21)9-12(19)17-13-16-10-6-7-18(8-11(10)23-13)14(20)22-15(2,3)4/h5-9H2,1-4H3,(H,16,17,19)/t24-/m0/s1. The van der Waals surface area contributed by atoms with E-state index in [1.165, 1.54) is 11.3 Å². The lowest BCUT2D eigenvalue weighted by Gasteiger charge is -2.29. The van der Waals surface area contributed by atoms with Gasteiger partial charge in [0.15, 0.2) is 5.13 Å². The quantitative estimate of drug-likeness (QED) is 0.873. The van der Waals surface area contributed by atoms with Gasteiger partial charge in [-0.2, -0.15) is 0 Å². The normalized spacial score (nSPS) is 15.6. The van der Waals surface area contributed by atoms with E-state index in [1.807, 2.05) is 20.8 Å². The molecule has 1 aliphatic rings. The molecule has 2 heterocycles. The van der Waals surface area contributed by atoms with E-state index in [-0.39, 0.29) is 17.8 Å². The van der Waals surface area contributed by atoms with Gasteiger partial charge in [0.1, 0.15) is 11.4 Å². The molecular formula is C15H23N3O4S2. The van der Waals surface area contributed by atoms with Crippen molar-refractivity contribution in [3.05, 3.63) is 10.6 Å². The number of ether oxygens (including phenoxy) is 1. The van der Waals surface area contributed by atoms with Crippen LogP contribution in [-0.4, -0.2) is 49.7 Å². The van der Waals surface area contributed by atoms with Crippen LogP contribution >= 0.6 is 11.3 Å². The Kier molecular flexibility index (Phi) is 5.97. The Morgan fingerprint density at radius 3 is 2.75 bits per heavy atom. The number of hydrogen-bond acceptors (Lipinski definition) is 6. The van der Waals surface area contributed by atoms with Crippen molar-refractivity contribution < 1.29 is 18.5 Å². The summed E-state index contributed by atoms with van der Waals surface area (Å²) in [6, 6.07) is 0. The molecule has 2 amide bonds. The lowest BCUT2D eigenvalue weighted by molar-refractivity contribution is -0.113. The largest absolute Gasteiger partial charge is 0.444 e. The zero-order chi connectivity index (χ0) is 17.9. The van der Waals surface area contributed by atoms with Crippen molar-refractivity contribution in [1.29, 1.82) is 0 Å². The molecule has 1 N–H and O–H groups in total. The molecule has 1 aromatic heterocycles. The minimum atomic E-state index is -1.15. The van der Waals surface area contributed by atoms with Crippen molar-refractivity contribution in [1.82, 2.24) is 9.88 Å². The van der Waals surface area contributed by atoms with Gasteiger partial charge in [-0.05, 0) is 20.8 Å². The Hall–Kier alpha value is -1.48. The number of hydrogen-bond donors (Lipinski definition) is 1. The molecule has 24 heavy (non-hydrogen) atoms. The molecule has 1 atom stereocenters. The van der Waals surface area contributed by atoms with E-state index in [0.29, 0.717) is 30.4 Å². The van der Waals surface area contributed by atoms with Crippen LogP contribution < -0.4 is 5.32 Å². The van der Waals surface area contributed by atoms with Crippen molar-refractivity contribution in [2.45, 2.75) is 46.3 Å². The predicted molar refractivity (Wildman–Crippen MR) is 94.6 cm³/mol. The average Bonchev–Trinajstić information content (AvgIpc) is 2.85. The van der Waals surface area contributed by atoms with Gasteiger partial charge in [-0.15, -0.1) is 0 Å². The third-order valence-electron chi connectivity index (χ3n) is 3.24. The first-order valence-corrected chi connectivity index (χ1v) is 10.1. The van der Waals surface area contributed by atoms with E-state index in [2.05, 4.69) is 10.3 Å². The monoisotopic (exact) mass is 373 g/mol. The maximum atomic E-state index is 12.1. The number of carbonyl (C=O) groups is 2. The van der Waals surface area contributed by atoms with Gasteiger partial charge in [-0.3, -0.25) is 9.00 Å². The van der Waals surface area contributed by atoms with Gasteiger partial charge in [0.2, 0.25) is 5.91 Å². The summed E-state index contributed by atoms with van der Waals surface area (Å²) in [5.74, 6) is 0.127. The van der Waals surface area contributed by atoms with Crippen LogP contribution in [0.3, 0.4) is 0 Å². The van der Waals surface area contributed by atoms with E-state index in [4.69, 9.17) is 4.74 Å². The van der Waals surface area contributed by atoms with E-state index in [1.54, 1.807) is 11.8 Å². The maximum Gasteiger partial charge on any atom is 0.410 e. The SMILES string of the molecule is CC[S@](=O)CC(=O)Nc1nc2c(s1)CN(C(=O)OC(C)(C)C)CC2. The molecule has 2 rings (SSSR count). The van der Waals surface area contributed by atoms with Crippen molar-refractivity contribution in [3.8, 4) is 0 Å².